The third-order valence-corrected chi connectivity index (χ3v) is 2.10. The number of hydrogen-bond acceptors (Lipinski definition) is 3. The van der Waals surface area contributed by atoms with Gasteiger partial charge in [-0.2, -0.15) is 4.98 Å². The lowest BCUT2D eigenvalue weighted by molar-refractivity contribution is 0.360. The fourth-order valence-corrected chi connectivity index (χ4v) is 1.16. The fraction of sp³-hybridized carbons (Fsp3) is 0.500. The molecule has 1 aromatic heterocycles. The van der Waals surface area contributed by atoms with Gasteiger partial charge >= 0.3 is 0 Å². The highest BCUT2D eigenvalue weighted by Gasteiger charge is 2.23. The third kappa shape index (κ3) is 1.06. The lowest BCUT2D eigenvalue weighted by atomic mass is 9.85. The van der Waals surface area contributed by atoms with Gasteiger partial charge in [0, 0.05) is 5.92 Å². The molecule has 1 aromatic rings. The summed E-state index contributed by atoms with van der Waals surface area (Å²) in [6.07, 6.45) is 5.28. The summed E-state index contributed by atoms with van der Waals surface area (Å²) in [5.74, 6) is 1.94. The van der Waals surface area contributed by atoms with Crippen LogP contribution in [0.5, 0.6) is 0 Å². The summed E-state index contributed by atoms with van der Waals surface area (Å²) in [7, 11) is 0. The molecule has 0 N–H and O–H groups in total. The highest BCUT2D eigenvalue weighted by Crippen LogP contribution is 2.34. The van der Waals surface area contributed by atoms with E-state index in [1.54, 1.807) is 6.08 Å². The standard InChI is InChI=1S/C8H10N2O/c1-2-7-9-8(10-11-7)6-4-3-5-6/h2,6H,1,3-5H2. The van der Waals surface area contributed by atoms with Crippen LogP contribution in [0, 0.1) is 0 Å². The largest absolute Gasteiger partial charge is 0.335 e. The molecular formula is C8H10N2O. The summed E-state index contributed by atoms with van der Waals surface area (Å²) < 4.78 is 4.89. The zero-order chi connectivity index (χ0) is 7.68. The van der Waals surface area contributed by atoms with Crippen molar-refractivity contribution >= 4 is 6.08 Å². The van der Waals surface area contributed by atoms with Crippen molar-refractivity contribution in [1.82, 2.24) is 10.1 Å². The first-order chi connectivity index (χ1) is 5.40. The summed E-state index contributed by atoms with van der Waals surface area (Å²) in [6.45, 7) is 3.55. The van der Waals surface area contributed by atoms with Gasteiger partial charge in [-0.3, -0.25) is 0 Å². The minimum atomic E-state index is 0.534. The van der Waals surface area contributed by atoms with Crippen molar-refractivity contribution in [3.63, 3.8) is 0 Å². The van der Waals surface area contributed by atoms with Crippen LogP contribution in [-0.4, -0.2) is 10.1 Å². The Hall–Kier alpha value is -1.12. The Morgan fingerprint density at radius 2 is 2.36 bits per heavy atom. The van der Waals surface area contributed by atoms with Gasteiger partial charge in [0.1, 0.15) is 0 Å². The molecule has 11 heavy (non-hydrogen) atoms. The molecule has 0 bridgehead atoms. The molecule has 1 aliphatic carbocycles. The second-order valence-corrected chi connectivity index (χ2v) is 2.82. The molecule has 58 valence electrons. The summed E-state index contributed by atoms with van der Waals surface area (Å²) in [6, 6.07) is 0. The predicted octanol–water partition coefficient (Wildman–Crippen LogP) is 1.98. The molecule has 0 spiro atoms. The van der Waals surface area contributed by atoms with Gasteiger partial charge in [0.25, 0.3) is 0 Å². The second-order valence-electron chi connectivity index (χ2n) is 2.82. The van der Waals surface area contributed by atoms with Crippen LogP contribution in [0.2, 0.25) is 0 Å². The Kier molecular flexibility index (Phi) is 1.49. The van der Waals surface area contributed by atoms with Gasteiger partial charge in [-0.15, -0.1) is 0 Å². The van der Waals surface area contributed by atoms with E-state index >= 15 is 0 Å². The van der Waals surface area contributed by atoms with E-state index in [4.69, 9.17) is 4.52 Å². The molecule has 0 atom stereocenters. The Morgan fingerprint density at radius 3 is 2.82 bits per heavy atom. The van der Waals surface area contributed by atoms with Crippen molar-refractivity contribution in [3.05, 3.63) is 18.3 Å². The summed E-state index contributed by atoms with van der Waals surface area (Å²) >= 11 is 0. The van der Waals surface area contributed by atoms with Crippen molar-refractivity contribution in [1.29, 1.82) is 0 Å². The first-order valence-electron chi connectivity index (χ1n) is 3.86. The summed E-state index contributed by atoms with van der Waals surface area (Å²) in [5, 5.41) is 3.85. The molecule has 0 aliphatic heterocycles. The van der Waals surface area contributed by atoms with Crippen molar-refractivity contribution in [2.45, 2.75) is 25.2 Å². The van der Waals surface area contributed by atoms with Gasteiger partial charge in [-0.25, -0.2) is 0 Å². The topological polar surface area (TPSA) is 38.9 Å². The maximum Gasteiger partial charge on any atom is 0.250 e. The van der Waals surface area contributed by atoms with Crippen LogP contribution in [-0.2, 0) is 0 Å². The van der Waals surface area contributed by atoms with Crippen LogP contribution in [0.25, 0.3) is 6.08 Å². The van der Waals surface area contributed by atoms with Crippen LogP contribution in [0.1, 0.15) is 36.9 Å². The van der Waals surface area contributed by atoms with E-state index in [2.05, 4.69) is 16.7 Å². The van der Waals surface area contributed by atoms with Crippen LogP contribution in [0.4, 0.5) is 0 Å². The van der Waals surface area contributed by atoms with Crippen LogP contribution < -0.4 is 0 Å². The average Bonchev–Trinajstić information content (AvgIpc) is 2.32. The van der Waals surface area contributed by atoms with E-state index in [0.29, 0.717) is 11.8 Å². The molecule has 0 amide bonds. The molecule has 1 heterocycles. The van der Waals surface area contributed by atoms with Crippen LogP contribution >= 0.6 is 0 Å². The van der Waals surface area contributed by atoms with Crippen molar-refractivity contribution < 1.29 is 4.52 Å². The molecule has 1 saturated carbocycles. The van der Waals surface area contributed by atoms with E-state index in [1.165, 1.54) is 19.3 Å². The fourth-order valence-electron chi connectivity index (χ4n) is 1.16. The molecule has 2 rings (SSSR count). The SMILES string of the molecule is C=Cc1nc(C2CCC2)no1. The molecule has 1 fully saturated rings. The molecule has 0 aromatic carbocycles. The zero-order valence-corrected chi connectivity index (χ0v) is 6.29. The Balaban J connectivity index is 2.17. The minimum Gasteiger partial charge on any atom is -0.335 e. The van der Waals surface area contributed by atoms with Gasteiger partial charge in [0.15, 0.2) is 5.82 Å². The van der Waals surface area contributed by atoms with E-state index in [9.17, 15) is 0 Å². The first kappa shape index (κ1) is 6.58. The van der Waals surface area contributed by atoms with E-state index < -0.39 is 0 Å². The maximum absolute atomic E-state index is 4.89. The zero-order valence-electron chi connectivity index (χ0n) is 6.29. The number of hydrogen-bond donors (Lipinski definition) is 0. The number of rotatable bonds is 2. The van der Waals surface area contributed by atoms with Gasteiger partial charge < -0.3 is 4.52 Å². The number of nitrogens with zero attached hydrogens (tertiary/aromatic N) is 2. The minimum absolute atomic E-state index is 0.534. The number of aromatic nitrogens is 2. The van der Waals surface area contributed by atoms with Crippen molar-refractivity contribution in [2.24, 2.45) is 0 Å². The monoisotopic (exact) mass is 150 g/mol. The maximum atomic E-state index is 4.89. The molecule has 0 unspecified atom stereocenters. The lowest BCUT2D eigenvalue weighted by Gasteiger charge is -2.20. The van der Waals surface area contributed by atoms with Crippen LogP contribution in [0.3, 0.4) is 0 Å². The third-order valence-electron chi connectivity index (χ3n) is 2.10. The average molecular weight is 150 g/mol. The molecule has 1 aliphatic rings. The van der Waals surface area contributed by atoms with Gasteiger partial charge in [0.05, 0.1) is 0 Å². The Labute approximate surface area is 65.1 Å². The lowest BCUT2D eigenvalue weighted by Crippen LogP contribution is -2.10. The normalized spacial score (nSPS) is 17.8. The summed E-state index contributed by atoms with van der Waals surface area (Å²) in [4.78, 5) is 4.15. The smallest absolute Gasteiger partial charge is 0.250 e. The van der Waals surface area contributed by atoms with E-state index in [0.717, 1.165) is 5.82 Å². The second kappa shape index (κ2) is 2.49. The van der Waals surface area contributed by atoms with Gasteiger partial charge in [0.2, 0.25) is 5.89 Å². The first-order valence-corrected chi connectivity index (χ1v) is 3.86. The molecule has 3 nitrogen and oxygen atoms in total. The highest BCUT2D eigenvalue weighted by atomic mass is 16.5. The van der Waals surface area contributed by atoms with Crippen molar-refractivity contribution in [2.75, 3.05) is 0 Å². The van der Waals surface area contributed by atoms with Gasteiger partial charge in [-0.05, 0) is 18.9 Å². The Bertz CT molecular complexity index is 263. The quantitative estimate of drug-likeness (QED) is 0.647. The Morgan fingerprint density at radius 1 is 1.55 bits per heavy atom. The summed E-state index contributed by atoms with van der Waals surface area (Å²) in [5.41, 5.74) is 0. The molecule has 3 heteroatoms. The van der Waals surface area contributed by atoms with E-state index in [-0.39, 0.29) is 0 Å². The molecule has 0 saturated heterocycles. The predicted molar refractivity (Wildman–Crippen MR) is 41.0 cm³/mol. The molecular weight excluding hydrogens is 140 g/mol. The highest BCUT2D eigenvalue weighted by molar-refractivity contribution is 5.32. The van der Waals surface area contributed by atoms with E-state index in [1.807, 2.05) is 0 Å². The van der Waals surface area contributed by atoms with Crippen LogP contribution in [0.15, 0.2) is 11.1 Å². The van der Waals surface area contributed by atoms with Crippen molar-refractivity contribution in [3.8, 4) is 0 Å². The molecule has 0 radical (unpaired) electrons. The van der Waals surface area contributed by atoms with Gasteiger partial charge in [-0.1, -0.05) is 18.2 Å².